The molecule has 0 aliphatic heterocycles. The molecule has 2 rings (SSSR count). The molecule has 0 aromatic heterocycles. The summed E-state index contributed by atoms with van der Waals surface area (Å²) < 4.78 is 0. The number of carbonyl (C=O) groups excluding carboxylic acids is 2. The molecule has 120 valence electrons. The lowest BCUT2D eigenvalue weighted by atomic mass is 10.00. The molecule has 4 nitrogen and oxygen atoms in total. The van der Waals surface area contributed by atoms with Crippen molar-refractivity contribution in [3.8, 4) is 0 Å². The summed E-state index contributed by atoms with van der Waals surface area (Å²) in [5.41, 5.74) is 5.21. The molecule has 0 radical (unpaired) electrons. The molecule has 4 heteroatoms. The monoisotopic (exact) mass is 310 g/mol. The van der Waals surface area contributed by atoms with Gasteiger partial charge in [0.25, 0.3) is 5.91 Å². The largest absolute Gasteiger partial charge is 0.350 e. The lowest BCUT2D eigenvalue weighted by Gasteiger charge is -2.12. The average Bonchev–Trinajstić information content (AvgIpc) is 2.52. The van der Waals surface area contributed by atoms with Crippen LogP contribution < -0.4 is 10.6 Å². The third-order valence-corrected chi connectivity index (χ3v) is 3.75. The Labute approximate surface area is 136 Å². The van der Waals surface area contributed by atoms with Crippen LogP contribution in [0.1, 0.15) is 32.6 Å². The number of hydrogen-bond acceptors (Lipinski definition) is 2. The fourth-order valence-electron chi connectivity index (χ4n) is 2.59. The smallest absolute Gasteiger partial charge is 0.251 e. The molecule has 2 aromatic carbocycles. The van der Waals surface area contributed by atoms with Gasteiger partial charge < -0.3 is 10.6 Å². The second-order valence-corrected chi connectivity index (χ2v) is 5.70. The zero-order valence-electron chi connectivity index (χ0n) is 13.8. The molecule has 0 saturated heterocycles. The quantitative estimate of drug-likeness (QED) is 0.892. The summed E-state index contributed by atoms with van der Waals surface area (Å²) in [6.07, 6.45) is 0. The van der Waals surface area contributed by atoms with Crippen LogP contribution in [0.4, 0.5) is 0 Å². The van der Waals surface area contributed by atoms with Crippen molar-refractivity contribution in [2.45, 2.75) is 27.3 Å². The van der Waals surface area contributed by atoms with E-state index in [1.54, 1.807) is 24.3 Å². The summed E-state index contributed by atoms with van der Waals surface area (Å²) in [5.74, 6) is -0.447. The molecule has 0 spiro atoms. The maximum atomic E-state index is 11.9. The fourth-order valence-corrected chi connectivity index (χ4v) is 2.59. The van der Waals surface area contributed by atoms with Crippen LogP contribution in [0, 0.1) is 20.8 Å². The molecule has 0 heterocycles. The van der Waals surface area contributed by atoms with Gasteiger partial charge in [0.2, 0.25) is 5.91 Å². The van der Waals surface area contributed by atoms with Crippen LogP contribution in [0.2, 0.25) is 0 Å². The van der Waals surface area contributed by atoms with Crippen LogP contribution >= 0.6 is 0 Å². The predicted molar refractivity (Wildman–Crippen MR) is 91.3 cm³/mol. The minimum Gasteiger partial charge on any atom is -0.350 e. The SMILES string of the molecule is Cc1cc(C)c(CNC(=O)CNC(=O)c2ccccc2)c(C)c1. The number of benzene rings is 2. The zero-order valence-corrected chi connectivity index (χ0v) is 13.8. The Morgan fingerprint density at radius 2 is 1.52 bits per heavy atom. The second kappa shape index (κ2) is 7.58. The molecular weight excluding hydrogens is 288 g/mol. The molecule has 0 bridgehead atoms. The van der Waals surface area contributed by atoms with Gasteiger partial charge in [-0.1, -0.05) is 35.9 Å². The molecule has 0 aliphatic rings. The minimum atomic E-state index is -0.247. The third-order valence-electron chi connectivity index (χ3n) is 3.75. The molecule has 2 amide bonds. The lowest BCUT2D eigenvalue weighted by molar-refractivity contribution is -0.120. The summed E-state index contributed by atoms with van der Waals surface area (Å²) in [5, 5.41) is 5.48. The van der Waals surface area contributed by atoms with E-state index in [-0.39, 0.29) is 18.4 Å². The fraction of sp³-hybridized carbons (Fsp3) is 0.263. The summed E-state index contributed by atoms with van der Waals surface area (Å²) in [4.78, 5) is 23.8. The van der Waals surface area contributed by atoms with Gasteiger partial charge in [-0.05, 0) is 49.6 Å². The molecule has 0 atom stereocenters. The highest BCUT2D eigenvalue weighted by Crippen LogP contribution is 2.15. The summed E-state index contributed by atoms with van der Waals surface area (Å²) in [7, 11) is 0. The Kier molecular flexibility index (Phi) is 5.52. The number of hydrogen-bond donors (Lipinski definition) is 2. The van der Waals surface area contributed by atoms with Gasteiger partial charge in [-0.25, -0.2) is 0 Å². The first-order valence-electron chi connectivity index (χ1n) is 7.64. The normalized spacial score (nSPS) is 10.2. The van der Waals surface area contributed by atoms with Crippen LogP contribution in [0.5, 0.6) is 0 Å². The van der Waals surface area contributed by atoms with Gasteiger partial charge in [0.15, 0.2) is 0 Å². The van der Waals surface area contributed by atoms with E-state index in [0.717, 1.165) is 16.7 Å². The second-order valence-electron chi connectivity index (χ2n) is 5.70. The van der Waals surface area contributed by atoms with E-state index >= 15 is 0 Å². The summed E-state index contributed by atoms with van der Waals surface area (Å²) in [6, 6.07) is 13.1. The van der Waals surface area contributed by atoms with Crippen molar-refractivity contribution < 1.29 is 9.59 Å². The van der Waals surface area contributed by atoms with Crippen molar-refractivity contribution in [1.29, 1.82) is 0 Å². The number of carbonyl (C=O) groups is 2. The summed E-state index contributed by atoms with van der Waals surface area (Å²) >= 11 is 0. The number of rotatable bonds is 5. The van der Waals surface area contributed by atoms with E-state index in [9.17, 15) is 9.59 Å². The van der Waals surface area contributed by atoms with Crippen molar-refractivity contribution in [3.05, 3.63) is 70.3 Å². The first-order chi connectivity index (χ1) is 11.0. The van der Waals surface area contributed by atoms with Crippen molar-refractivity contribution in [2.24, 2.45) is 0 Å². The van der Waals surface area contributed by atoms with Crippen LogP contribution in [0.25, 0.3) is 0 Å². The molecule has 0 aliphatic carbocycles. The highest BCUT2D eigenvalue weighted by atomic mass is 16.2. The highest BCUT2D eigenvalue weighted by Gasteiger charge is 2.09. The third kappa shape index (κ3) is 4.68. The summed E-state index contributed by atoms with van der Waals surface area (Å²) in [6.45, 7) is 6.58. The standard InChI is InChI=1S/C19H22N2O2/c1-13-9-14(2)17(15(3)10-13)11-20-18(22)12-21-19(23)16-7-5-4-6-8-16/h4-10H,11-12H2,1-3H3,(H,20,22)(H,21,23). The van der Waals surface area contributed by atoms with Gasteiger partial charge in [0.1, 0.15) is 0 Å². The van der Waals surface area contributed by atoms with Crippen molar-refractivity contribution in [1.82, 2.24) is 10.6 Å². The maximum absolute atomic E-state index is 11.9. The van der Waals surface area contributed by atoms with Gasteiger partial charge in [-0.3, -0.25) is 9.59 Å². The predicted octanol–water partition coefficient (Wildman–Crippen LogP) is 2.66. The van der Waals surface area contributed by atoms with Crippen molar-refractivity contribution >= 4 is 11.8 Å². The molecular formula is C19H22N2O2. The Balaban J connectivity index is 1.85. The molecule has 2 aromatic rings. The van der Waals surface area contributed by atoms with E-state index < -0.39 is 0 Å². The Morgan fingerprint density at radius 3 is 2.13 bits per heavy atom. The van der Waals surface area contributed by atoms with Crippen molar-refractivity contribution in [3.63, 3.8) is 0 Å². The highest BCUT2D eigenvalue weighted by molar-refractivity contribution is 5.96. The Morgan fingerprint density at radius 1 is 0.913 bits per heavy atom. The lowest BCUT2D eigenvalue weighted by Crippen LogP contribution is -2.36. The molecule has 23 heavy (non-hydrogen) atoms. The molecule has 2 N–H and O–H groups in total. The van der Waals surface area contributed by atoms with Gasteiger partial charge in [-0.2, -0.15) is 0 Å². The van der Waals surface area contributed by atoms with E-state index in [1.165, 1.54) is 5.56 Å². The zero-order chi connectivity index (χ0) is 16.8. The maximum Gasteiger partial charge on any atom is 0.251 e. The van der Waals surface area contributed by atoms with E-state index in [2.05, 4.69) is 29.7 Å². The Bertz CT molecular complexity index is 686. The van der Waals surface area contributed by atoms with E-state index in [4.69, 9.17) is 0 Å². The van der Waals surface area contributed by atoms with E-state index in [1.807, 2.05) is 19.9 Å². The van der Waals surface area contributed by atoms with Crippen LogP contribution in [0.3, 0.4) is 0 Å². The number of aryl methyl sites for hydroxylation is 3. The topological polar surface area (TPSA) is 58.2 Å². The first-order valence-corrected chi connectivity index (χ1v) is 7.64. The molecule has 0 fully saturated rings. The van der Waals surface area contributed by atoms with Crippen LogP contribution in [-0.2, 0) is 11.3 Å². The van der Waals surface area contributed by atoms with Gasteiger partial charge in [-0.15, -0.1) is 0 Å². The van der Waals surface area contributed by atoms with Crippen LogP contribution in [0.15, 0.2) is 42.5 Å². The van der Waals surface area contributed by atoms with Gasteiger partial charge >= 0.3 is 0 Å². The number of nitrogens with one attached hydrogen (secondary N) is 2. The number of amides is 2. The van der Waals surface area contributed by atoms with Crippen LogP contribution in [-0.4, -0.2) is 18.4 Å². The van der Waals surface area contributed by atoms with Gasteiger partial charge in [0.05, 0.1) is 6.54 Å². The Hall–Kier alpha value is -2.62. The molecule has 0 unspecified atom stereocenters. The van der Waals surface area contributed by atoms with Gasteiger partial charge in [0, 0.05) is 12.1 Å². The van der Waals surface area contributed by atoms with E-state index in [0.29, 0.717) is 12.1 Å². The van der Waals surface area contributed by atoms with Crippen molar-refractivity contribution in [2.75, 3.05) is 6.54 Å². The molecule has 0 saturated carbocycles. The minimum absolute atomic E-state index is 0.0301. The first kappa shape index (κ1) is 16.7. The average molecular weight is 310 g/mol.